The van der Waals surface area contributed by atoms with E-state index in [1.54, 1.807) is 26.0 Å². The maximum Gasteiger partial charge on any atom is 0.256 e. The first-order valence-corrected chi connectivity index (χ1v) is 11.6. The van der Waals surface area contributed by atoms with Crippen molar-refractivity contribution in [2.45, 2.75) is 23.8 Å². The van der Waals surface area contributed by atoms with Gasteiger partial charge in [0.25, 0.3) is 5.91 Å². The maximum atomic E-state index is 13.1. The molecule has 0 bridgehead atoms. The highest BCUT2D eigenvalue weighted by Gasteiger charge is 2.18. The number of methoxy groups -OCH3 is 2. The minimum atomic E-state index is -0.133. The lowest BCUT2D eigenvalue weighted by Crippen LogP contribution is -2.14. The van der Waals surface area contributed by atoms with Gasteiger partial charge in [-0.05, 0) is 60.9 Å². The summed E-state index contributed by atoms with van der Waals surface area (Å²) in [5, 5.41) is 3.05. The van der Waals surface area contributed by atoms with Gasteiger partial charge in [-0.15, -0.1) is 11.8 Å². The highest BCUT2D eigenvalue weighted by atomic mass is 32.2. The fraction of sp³-hybridized carbons (Fsp3) is 0.269. The number of benzene rings is 3. The van der Waals surface area contributed by atoms with E-state index < -0.39 is 0 Å². The molecule has 3 aromatic rings. The first kappa shape index (κ1) is 22.2. The van der Waals surface area contributed by atoms with Gasteiger partial charge in [0.2, 0.25) is 0 Å². The third-order valence-electron chi connectivity index (χ3n) is 5.44. The van der Waals surface area contributed by atoms with E-state index >= 15 is 0 Å². The number of nitrogens with one attached hydrogen (secondary N) is 1. The molecule has 6 heteroatoms. The Morgan fingerprint density at radius 1 is 1.06 bits per heavy atom. The molecule has 1 atom stereocenters. The lowest BCUT2D eigenvalue weighted by molar-refractivity contribution is 0.102. The molecule has 1 aliphatic rings. The van der Waals surface area contributed by atoms with Gasteiger partial charge in [0, 0.05) is 28.5 Å². The van der Waals surface area contributed by atoms with E-state index in [1.165, 1.54) is 0 Å². The number of ether oxygens (including phenoxy) is 3. The molecule has 0 aromatic heterocycles. The second-order valence-corrected chi connectivity index (χ2v) is 8.60. The summed E-state index contributed by atoms with van der Waals surface area (Å²) in [6, 6.07) is 21.1. The van der Waals surface area contributed by atoms with Crippen molar-refractivity contribution in [2.75, 3.05) is 31.9 Å². The third-order valence-corrected chi connectivity index (χ3v) is 6.64. The Morgan fingerprint density at radius 2 is 1.88 bits per heavy atom. The van der Waals surface area contributed by atoms with Gasteiger partial charge in [0.1, 0.15) is 11.5 Å². The highest BCUT2D eigenvalue weighted by Crippen LogP contribution is 2.34. The Bertz CT molecular complexity index is 1060. The summed E-state index contributed by atoms with van der Waals surface area (Å²) in [7, 11) is 3.28. The first-order chi connectivity index (χ1) is 15.7. The summed E-state index contributed by atoms with van der Waals surface area (Å²) in [4.78, 5) is 14.1. The zero-order valence-corrected chi connectivity index (χ0v) is 19.1. The van der Waals surface area contributed by atoms with Crippen molar-refractivity contribution in [1.82, 2.24) is 0 Å². The van der Waals surface area contributed by atoms with E-state index in [-0.39, 0.29) is 12.0 Å². The van der Waals surface area contributed by atoms with Crippen LogP contribution in [0.15, 0.2) is 71.6 Å². The van der Waals surface area contributed by atoms with Crippen LogP contribution in [-0.2, 0) is 4.74 Å². The number of carbonyl (C=O) groups is 1. The SMILES string of the molecule is COc1ccc(-c2cc(NC(=O)c3ccccc3SCC3CCCO3)ccc2OC)cc1. The molecule has 0 radical (unpaired) electrons. The largest absolute Gasteiger partial charge is 0.497 e. The predicted molar refractivity (Wildman–Crippen MR) is 129 cm³/mol. The van der Waals surface area contributed by atoms with Crippen molar-refractivity contribution in [3.8, 4) is 22.6 Å². The zero-order valence-electron chi connectivity index (χ0n) is 18.3. The van der Waals surface area contributed by atoms with E-state index in [4.69, 9.17) is 14.2 Å². The van der Waals surface area contributed by atoms with Crippen LogP contribution in [0.4, 0.5) is 5.69 Å². The molecule has 4 rings (SSSR count). The number of amides is 1. The van der Waals surface area contributed by atoms with Crippen molar-refractivity contribution in [1.29, 1.82) is 0 Å². The fourth-order valence-corrected chi connectivity index (χ4v) is 4.84. The topological polar surface area (TPSA) is 56.8 Å². The molecule has 1 amide bonds. The van der Waals surface area contributed by atoms with Gasteiger partial charge in [-0.25, -0.2) is 0 Å². The number of thioether (sulfide) groups is 1. The van der Waals surface area contributed by atoms with Gasteiger partial charge in [-0.2, -0.15) is 0 Å². The van der Waals surface area contributed by atoms with Gasteiger partial charge in [0.05, 0.1) is 25.9 Å². The molecule has 1 aliphatic heterocycles. The van der Waals surface area contributed by atoms with Gasteiger partial charge in [0.15, 0.2) is 0 Å². The van der Waals surface area contributed by atoms with Crippen LogP contribution in [0, 0.1) is 0 Å². The van der Waals surface area contributed by atoms with Crippen molar-refractivity contribution < 1.29 is 19.0 Å². The van der Waals surface area contributed by atoms with Crippen LogP contribution < -0.4 is 14.8 Å². The smallest absolute Gasteiger partial charge is 0.256 e. The van der Waals surface area contributed by atoms with Crippen molar-refractivity contribution in [3.05, 3.63) is 72.3 Å². The molecule has 1 unspecified atom stereocenters. The minimum Gasteiger partial charge on any atom is -0.497 e. The van der Waals surface area contributed by atoms with Gasteiger partial charge in [-0.3, -0.25) is 4.79 Å². The molecule has 0 spiro atoms. The van der Waals surface area contributed by atoms with E-state index in [2.05, 4.69) is 5.32 Å². The summed E-state index contributed by atoms with van der Waals surface area (Å²) in [5.74, 6) is 2.25. The quantitative estimate of drug-likeness (QED) is 0.434. The summed E-state index contributed by atoms with van der Waals surface area (Å²) in [6.45, 7) is 0.835. The Hall–Kier alpha value is -2.96. The second-order valence-electron chi connectivity index (χ2n) is 7.54. The first-order valence-electron chi connectivity index (χ1n) is 10.6. The molecular formula is C26H27NO4S. The number of anilines is 1. The molecule has 3 aromatic carbocycles. The Kier molecular flexibility index (Phi) is 7.35. The average molecular weight is 450 g/mol. The fourth-order valence-electron chi connectivity index (χ4n) is 3.72. The van der Waals surface area contributed by atoms with Gasteiger partial charge < -0.3 is 19.5 Å². The summed E-state index contributed by atoms with van der Waals surface area (Å²) in [5.41, 5.74) is 3.25. The van der Waals surface area contributed by atoms with Crippen molar-refractivity contribution in [3.63, 3.8) is 0 Å². The lowest BCUT2D eigenvalue weighted by Gasteiger charge is -2.14. The highest BCUT2D eigenvalue weighted by molar-refractivity contribution is 7.99. The molecule has 32 heavy (non-hydrogen) atoms. The van der Waals surface area contributed by atoms with Crippen LogP contribution >= 0.6 is 11.8 Å². The minimum absolute atomic E-state index is 0.133. The summed E-state index contributed by atoms with van der Waals surface area (Å²) in [6.07, 6.45) is 2.47. The van der Waals surface area contributed by atoms with Crippen LogP contribution in [0.1, 0.15) is 23.2 Å². The lowest BCUT2D eigenvalue weighted by atomic mass is 10.0. The van der Waals surface area contributed by atoms with E-state index in [0.717, 1.165) is 52.7 Å². The van der Waals surface area contributed by atoms with Crippen LogP contribution in [0.5, 0.6) is 11.5 Å². The molecule has 0 aliphatic carbocycles. The number of carbonyl (C=O) groups excluding carboxylic acids is 1. The second kappa shape index (κ2) is 10.6. The normalized spacial score (nSPS) is 15.4. The molecule has 1 fully saturated rings. The van der Waals surface area contributed by atoms with E-state index in [0.29, 0.717) is 11.3 Å². The molecule has 166 valence electrons. The van der Waals surface area contributed by atoms with Crippen LogP contribution in [-0.4, -0.2) is 38.6 Å². The Labute approximate surface area is 193 Å². The summed E-state index contributed by atoms with van der Waals surface area (Å²) < 4.78 is 16.5. The van der Waals surface area contributed by atoms with Crippen molar-refractivity contribution in [2.24, 2.45) is 0 Å². The number of hydrogen-bond acceptors (Lipinski definition) is 5. The van der Waals surface area contributed by atoms with E-state index in [9.17, 15) is 4.79 Å². The Morgan fingerprint density at radius 3 is 2.59 bits per heavy atom. The van der Waals surface area contributed by atoms with Gasteiger partial charge in [-0.1, -0.05) is 24.3 Å². The Balaban J connectivity index is 1.53. The molecular weight excluding hydrogens is 422 g/mol. The van der Waals surface area contributed by atoms with Crippen molar-refractivity contribution >= 4 is 23.4 Å². The number of hydrogen-bond donors (Lipinski definition) is 1. The molecule has 1 heterocycles. The number of rotatable bonds is 8. The predicted octanol–water partition coefficient (Wildman–Crippen LogP) is 5.89. The van der Waals surface area contributed by atoms with E-state index in [1.807, 2.05) is 66.7 Å². The maximum absolute atomic E-state index is 13.1. The van der Waals surface area contributed by atoms with Crippen LogP contribution in [0.2, 0.25) is 0 Å². The van der Waals surface area contributed by atoms with Crippen LogP contribution in [0.25, 0.3) is 11.1 Å². The average Bonchev–Trinajstić information content (AvgIpc) is 3.36. The molecule has 1 saturated heterocycles. The molecule has 0 saturated carbocycles. The zero-order chi connectivity index (χ0) is 22.3. The summed E-state index contributed by atoms with van der Waals surface area (Å²) >= 11 is 1.68. The van der Waals surface area contributed by atoms with Gasteiger partial charge >= 0.3 is 0 Å². The standard InChI is InChI=1S/C26H27NO4S/c1-29-20-12-9-18(10-13-20)23-16-19(11-14-24(23)30-2)27-26(28)22-7-3-4-8-25(22)32-17-21-6-5-15-31-21/h3-4,7-14,16,21H,5-6,15,17H2,1-2H3,(H,27,28). The molecule has 1 N–H and O–H groups in total. The third kappa shape index (κ3) is 5.26. The monoisotopic (exact) mass is 449 g/mol. The molecule has 5 nitrogen and oxygen atoms in total. The van der Waals surface area contributed by atoms with Crippen LogP contribution in [0.3, 0.4) is 0 Å².